The number of nitrogens with zero attached hydrogens (tertiary/aromatic N) is 3. The molecule has 2 aromatic carbocycles. The van der Waals surface area contributed by atoms with E-state index >= 15 is 0 Å². The van der Waals surface area contributed by atoms with Gasteiger partial charge in [-0.3, -0.25) is 4.79 Å². The van der Waals surface area contributed by atoms with Gasteiger partial charge in [0.1, 0.15) is 12.4 Å². The number of fused-ring (bicyclic) bond motifs is 1. The van der Waals surface area contributed by atoms with Gasteiger partial charge in [0.15, 0.2) is 0 Å². The molecule has 0 aliphatic carbocycles. The maximum atomic E-state index is 12.3. The molecule has 0 amide bonds. The number of benzene rings is 2. The Morgan fingerprint density at radius 2 is 1.80 bits per heavy atom. The maximum absolute atomic E-state index is 12.3. The van der Waals surface area contributed by atoms with Crippen LogP contribution < -0.4 is 0 Å². The van der Waals surface area contributed by atoms with Crippen molar-refractivity contribution in [1.82, 2.24) is 14.5 Å². The lowest BCUT2D eigenvalue weighted by atomic mass is 10.2. The molecule has 3 rings (SSSR count). The van der Waals surface area contributed by atoms with Crippen molar-refractivity contribution in [1.29, 1.82) is 0 Å². The number of para-hydroxylation sites is 2. The summed E-state index contributed by atoms with van der Waals surface area (Å²) in [7, 11) is 3.98. The lowest BCUT2D eigenvalue weighted by Gasteiger charge is -2.12. The van der Waals surface area contributed by atoms with E-state index in [4.69, 9.17) is 4.74 Å². The fourth-order valence-corrected chi connectivity index (χ4v) is 2.81. The molecule has 1 aromatic heterocycles. The molecule has 0 atom stereocenters. The average Bonchev–Trinajstić information content (AvgIpc) is 2.92. The molecule has 0 unspecified atom stereocenters. The second-order valence-corrected chi connectivity index (χ2v) is 6.30. The van der Waals surface area contributed by atoms with Crippen LogP contribution in [0.3, 0.4) is 0 Å². The smallest absolute Gasteiger partial charge is 0.326 e. The molecule has 1 heterocycles. The minimum absolute atomic E-state index is 0.179. The Balaban J connectivity index is 1.67. The highest BCUT2D eigenvalue weighted by atomic mass is 16.5. The summed E-state index contributed by atoms with van der Waals surface area (Å²) >= 11 is 0. The predicted octanol–water partition coefficient (Wildman–Crippen LogP) is 2.88. The highest BCUT2D eigenvalue weighted by Crippen LogP contribution is 2.17. The van der Waals surface area contributed by atoms with Crippen LogP contribution in [0.5, 0.6) is 0 Å². The molecule has 5 nitrogen and oxygen atoms in total. The van der Waals surface area contributed by atoms with Gasteiger partial charge >= 0.3 is 5.97 Å². The fourth-order valence-electron chi connectivity index (χ4n) is 2.81. The number of imidazole rings is 1. The van der Waals surface area contributed by atoms with Crippen molar-refractivity contribution in [2.24, 2.45) is 0 Å². The topological polar surface area (TPSA) is 47.4 Å². The van der Waals surface area contributed by atoms with Gasteiger partial charge in [-0.05, 0) is 31.8 Å². The van der Waals surface area contributed by atoms with Crippen molar-refractivity contribution < 1.29 is 9.53 Å². The van der Waals surface area contributed by atoms with Gasteiger partial charge in [0, 0.05) is 6.42 Å². The highest BCUT2D eigenvalue weighted by Gasteiger charge is 2.14. The monoisotopic (exact) mass is 337 g/mol. The SMILES string of the molecule is CN(C)Cc1nc2ccccc2n1CC(=O)OCCc1ccccc1. The third-order valence-electron chi connectivity index (χ3n) is 3.98. The summed E-state index contributed by atoms with van der Waals surface area (Å²) in [6.07, 6.45) is 0.724. The molecule has 5 heteroatoms. The molecule has 0 aliphatic heterocycles. The molecule has 0 spiro atoms. The van der Waals surface area contributed by atoms with Crippen molar-refractivity contribution >= 4 is 17.0 Å². The van der Waals surface area contributed by atoms with Gasteiger partial charge in [0.2, 0.25) is 0 Å². The summed E-state index contributed by atoms with van der Waals surface area (Å²) in [5.41, 5.74) is 3.02. The first-order valence-electron chi connectivity index (χ1n) is 8.42. The van der Waals surface area contributed by atoms with E-state index in [0.29, 0.717) is 13.2 Å². The van der Waals surface area contributed by atoms with Crippen LogP contribution in [0.25, 0.3) is 11.0 Å². The zero-order chi connectivity index (χ0) is 17.6. The van der Waals surface area contributed by atoms with Gasteiger partial charge in [-0.25, -0.2) is 4.98 Å². The van der Waals surface area contributed by atoms with Gasteiger partial charge in [-0.2, -0.15) is 0 Å². The Bertz CT molecular complexity index is 841. The number of carbonyl (C=O) groups excluding carboxylic acids is 1. The standard InChI is InChI=1S/C20H23N3O2/c1-22(2)14-19-21-17-10-6-7-11-18(17)23(19)15-20(24)25-13-12-16-8-4-3-5-9-16/h3-11H,12-15H2,1-2H3. The van der Waals surface area contributed by atoms with E-state index in [1.807, 2.05) is 78.2 Å². The van der Waals surface area contributed by atoms with Crippen molar-refractivity contribution in [3.05, 3.63) is 66.0 Å². The normalized spacial score (nSPS) is 11.2. The first-order valence-corrected chi connectivity index (χ1v) is 8.42. The lowest BCUT2D eigenvalue weighted by Crippen LogP contribution is -2.20. The molecule has 0 aliphatic rings. The number of esters is 1. The van der Waals surface area contributed by atoms with Crippen molar-refractivity contribution in [2.45, 2.75) is 19.5 Å². The first kappa shape index (κ1) is 17.2. The molecule has 0 saturated carbocycles. The lowest BCUT2D eigenvalue weighted by molar-refractivity contribution is -0.144. The van der Waals surface area contributed by atoms with Gasteiger partial charge < -0.3 is 14.2 Å². The predicted molar refractivity (Wildman–Crippen MR) is 98.2 cm³/mol. The van der Waals surface area contributed by atoms with Crippen molar-refractivity contribution in [2.75, 3.05) is 20.7 Å². The van der Waals surface area contributed by atoms with Crippen LogP contribution in [0.2, 0.25) is 0 Å². The minimum atomic E-state index is -0.237. The van der Waals surface area contributed by atoms with Crippen LogP contribution in [-0.2, 0) is 29.0 Å². The quantitative estimate of drug-likeness (QED) is 0.622. The molecule has 0 saturated heterocycles. The van der Waals surface area contributed by atoms with Gasteiger partial charge in [0.25, 0.3) is 0 Å². The number of hydrogen-bond acceptors (Lipinski definition) is 4. The molecule has 0 radical (unpaired) electrons. The van der Waals surface area contributed by atoms with Crippen LogP contribution in [0, 0.1) is 0 Å². The molecule has 0 fully saturated rings. The molecular formula is C20H23N3O2. The molecule has 25 heavy (non-hydrogen) atoms. The first-order chi connectivity index (χ1) is 12.1. The van der Waals surface area contributed by atoms with E-state index in [-0.39, 0.29) is 12.5 Å². The van der Waals surface area contributed by atoms with Crippen LogP contribution in [0.4, 0.5) is 0 Å². The van der Waals surface area contributed by atoms with Crippen LogP contribution in [0.15, 0.2) is 54.6 Å². The summed E-state index contributed by atoms with van der Waals surface area (Å²) in [6.45, 7) is 1.24. The Morgan fingerprint density at radius 3 is 2.56 bits per heavy atom. The number of hydrogen-bond donors (Lipinski definition) is 0. The Hall–Kier alpha value is -2.66. The van der Waals surface area contributed by atoms with Gasteiger partial charge in [-0.15, -0.1) is 0 Å². The van der Waals surface area contributed by atoms with E-state index in [1.54, 1.807) is 0 Å². The van der Waals surface area contributed by atoms with Gasteiger partial charge in [-0.1, -0.05) is 42.5 Å². The molecule has 130 valence electrons. The van der Waals surface area contributed by atoms with E-state index in [1.165, 1.54) is 0 Å². The Labute approximate surface area is 147 Å². The summed E-state index contributed by atoms with van der Waals surface area (Å²) in [5, 5.41) is 0. The minimum Gasteiger partial charge on any atom is -0.464 e. The fraction of sp³-hybridized carbons (Fsp3) is 0.300. The van der Waals surface area contributed by atoms with E-state index < -0.39 is 0 Å². The maximum Gasteiger partial charge on any atom is 0.326 e. The van der Waals surface area contributed by atoms with Crippen LogP contribution in [-0.4, -0.2) is 41.1 Å². The van der Waals surface area contributed by atoms with Crippen LogP contribution in [0.1, 0.15) is 11.4 Å². The summed E-state index contributed by atoms with van der Waals surface area (Å²) < 4.78 is 7.37. The van der Waals surface area contributed by atoms with Crippen molar-refractivity contribution in [3.63, 3.8) is 0 Å². The molecule has 0 bridgehead atoms. The number of carbonyl (C=O) groups is 1. The Morgan fingerprint density at radius 1 is 1.08 bits per heavy atom. The van der Waals surface area contributed by atoms with Crippen LogP contribution >= 0.6 is 0 Å². The summed E-state index contributed by atoms with van der Waals surface area (Å²) in [6, 6.07) is 17.9. The summed E-state index contributed by atoms with van der Waals surface area (Å²) in [5.74, 6) is 0.630. The Kier molecular flexibility index (Phi) is 5.46. The second kappa shape index (κ2) is 7.94. The molecule has 0 N–H and O–H groups in total. The van der Waals surface area contributed by atoms with E-state index in [0.717, 1.165) is 28.8 Å². The number of rotatable bonds is 7. The third kappa shape index (κ3) is 4.45. The van der Waals surface area contributed by atoms with E-state index in [9.17, 15) is 4.79 Å². The van der Waals surface area contributed by atoms with E-state index in [2.05, 4.69) is 4.98 Å². The zero-order valence-corrected chi connectivity index (χ0v) is 14.7. The largest absolute Gasteiger partial charge is 0.464 e. The van der Waals surface area contributed by atoms with Gasteiger partial charge in [0.05, 0.1) is 24.2 Å². The summed E-state index contributed by atoms with van der Waals surface area (Å²) in [4.78, 5) is 19.0. The third-order valence-corrected chi connectivity index (χ3v) is 3.98. The van der Waals surface area contributed by atoms with Crippen molar-refractivity contribution in [3.8, 4) is 0 Å². The average molecular weight is 337 g/mol. The number of aromatic nitrogens is 2. The number of ether oxygens (including phenoxy) is 1. The second-order valence-electron chi connectivity index (χ2n) is 6.30. The molecular weight excluding hydrogens is 314 g/mol. The highest BCUT2D eigenvalue weighted by molar-refractivity contribution is 5.78. The zero-order valence-electron chi connectivity index (χ0n) is 14.7. The molecule has 3 aromatic rings.